The van der Waals surface area contributed by atoms with Gasteiger partial charge in [-0.15, -0.1) is 0 Å². The number of para-hydroxylation sites is 1. The summed E-state index contributed by atoms with van der Waals surface area (Å²) in [5.41, 5.74) is 5.52. The second kappa shape index (κ2) is 18.8. The fourth-order valence-corrected chi connectivity index (χ4v) is 9.20. The number of nitrogens with zero attached hydrogens (tertiary/aromatic N) is 8. The molecule has 3 fully saturated rings. The van der Waals surface area contributed by atoms with E-state index < -0.39 is 23.6 Å². The maximum atomic E-state index is 15.4. The van der Waals surface area contributed by atoms with E-state index >= 15 is 8.78 Å². The molecule has 9 rings (SSSR count). The fraction of sp³-hybridized carbons (Fsp3) is 0.426. The van der Waals surface area contributed by atoms with Gasteiger partial charge in [-0.25, -0.2) is 18.6 Å². The third kappa shape index (κ3) is 9.04. The van der Waals surface area contributed by atoms with Crippen LogP contribution in [0.2, 0.25) is 0 Å². The number of unbranched alkanes of at least 4 members (excludes halogenated alkanes) is 3. The topological polar surface area (TPSA) is 162 Å². The molecular formula is C47H52F2N10O5. The van der Waals surface area contributed by atoms with E-state index in [1.807, 2.05) is 51.0 Å². The molecule has 3 aliphatic rings. The zero-order valence-electron chi connectivity index (χ0n) is 35.9. The third-order valence-corrected chi connectivity index (χ3v) is 12.9. The maximum absolute atomic E-state index is 15.4. The van der Waals surface area contributed by atoms with Gasteiger partial charge in [0.15, 0.2) is 0 Å². The van der Waals surface area contributed by atoms with Crippen molar-refractivity contribution in [1.82, 2.24) is 44.0 Å². The van der Waals surface area contributed by atoms with Crippen molar-refractivity contribution in [3.8, 4) is 22.4 Å². The van der Waals surface area contributed by atoms with Crippen LogP contribution in [-0.2, 0) is 32.7 Å². The number of rotatable bonds is 14. The van der Waals surface area contributed by atoms with E-state index in [0.717, 1.165) is 56.3 Å². The van der Waals surface area contributed by atoms with Crippen molar-refractivity contribution in [2.75, 3.05) is 51.3 Å². The second-order valence-corrected chi connectivity index (χ2v) is 17.0. The summed E-state index contributed by atoms with van der Waals surface area (Å²) in [6.45, 7) is 4.60. The highest BCUT2D eigenvalue weighted by Crippen LogP contribution is 2.32. The molecule has 6 heterocycles. The maximum Gasteiger partial charge on any atom is 0.329 e. The number of halogens is 2. The number of aromatic nitrogens is 6. The third-order valence-electron chi connectivity index (χ3n) is 12.9. The molecule has 3 saturated heterocycles. The first-order valence-electron chi connectivity index (χ1n) is 22.3. The van der Waals surface area contributed by atoms with Crippen molar-refractivity contribution < 1.29 is 27.9 Å². The lowest BCUT2D eigenvalue weighted by Crippen LogP contribution is -2.44. The standard InChI is InChI=1S/C47H52F2N10O5/c1-55-42-25-32(10-11-40(42)59(47(55)63)41-12-13-43(60)54-46(41)62)50-16-5-3-2-4-9-44(61)57-17-14-33(15-18-57)58-28-31(26-52-58)39-27-51-38-8-6-7-34(45(38)53-39)30-23-36(48)35(37(49)24-30)29-56-19-21-64-22-20-56/h6-8,10-11,23-28,33,41,50H,2-5,9,12-22,29H2,1H3,(H,54,60,62). The number of aryl methyl sites for hydroxylation is 1. The van der Waals surface area contributed by atoms with Crippen LogP contribution in [0.4, 0.5) is 14.5 Å². The number of amides is 3. The minimum atomic E-state index is -0.717. The molecular weight excluding hydrogens is 823 g/mol. The Morgan fingerprint density at radius 2 is 1.67 bits per heavy atom. The van der Waals surface area contributed by atoms with E-state index in [2.05, 4.69) is 20.7 Å². The Morgan fingerprint density at radius 1 is 0.891 bits per heavy atom. The van der Waals surface area contributed by atoms with Gasteiger partial charge in [0.25, 0.3) is 0 Å². The van der Waals surface area contributed by atoms with Gasteiger partial charge >= 0.3 is 5.69 Å². The summed E-state index contributed by atoms with van der Waals surface area (Å²) in [6.07, 6.45) is 11.6. The number of hydrogen-bond donors (Lipinski definition) is 2. The van der Waals surface area contributed by atoms with Crippen LogP contribution in [0.3, 0.4) is 0 Å². The summed E-state index contributed by atoms with van der Waals surface area (Å²) in [5.74, 6) is -1.78. The monoisotopic (exact) mass is 874 g/mol. The predicted molar refractivity (Wildman–Crippen MR) is 237 cm³/mol. The SMILES string of the molecule is Cn1c(=O)n(C2CCC(=O)NC2=O)c2ccc(NCCCCCCC(=O)N3CCC(n4cc(-c5cnc6cccc(-c7cc(F)c(CN8CCOCC8)c(F)c7)c6n5)cn4)CC3)cc21. The van der Waals surface area contributed by atoms with Gasteiger partial charge in [-0.1, -0.05) is 25.0 Å². The lowest BCUT2D eigenvalue weighted by atomic mass is 10.0. The molecule has 3 aromatic heterocycles. The molecule has 3 aromatic carbocycles. The van der Waals surface area contributed by atoms with E-state index in [-0.39, 0.29) is 42.1 Å². The molecule has 0 spiro atoms. The van der Waals surface area contributed by atoms with E-state index in [4.69, 9.17) is 9.72 Å². The van der Waals surface area contributed by atoms with Gasteiger partial charge in [0.05, 0.1) is 59.4 Å². The number of anilines is 1. The van der Waals surface area contributed by atoms with Gasteiger partial charge in [0.2, 0.25) is 17.7 Å². The van der Waals surface area contributed by atoms with Crippen molar-refractivity contribution in [3.63, 3.8) is 0 Å². The molecule has 3 amide bonds. The molecule has 6 aromatic rings. The number of imidazole rings is 1. The number of piperidine rings is 2. The Bertz CT molecular complexity index is 2750. The van der Waals surface area contributed by atoms with E-state index in [9.17, 15) is 19.2 Å². The number of carbonyl (C=O) groups is 3. The van der Waals surface area contributed by atoms with E-state index in [0.29, 0.717) is 91.1 Å². The van der Waals surface area contributed by atoms with Crippen LogP contribution < -0.4 is 16.3 Å². The summed E-state index contributed by atoms with van der Waals surface area (Å²) in [6, 6.07) is 13.3. The number of imide groups is 1. The summed E-state index contributed by atoms with van der Waals surface area (Å²) in [7, 11) is 1.68. The number of likely N-dealkylation sites (tertiary alicyclic amines) is 1. The molecule has 2 N–H and O–H groups in total. The van der Waals surface area contributed by atoms with Crippen LogP contribution in [0.15, 0.2) is 71.9 Å². The molecule has 0 aliphatic carbocycles. The summed E-state index contributed by atoms with van der Waals surface area (Å²) < 4.78 is 41.1. The van der Waals surface area contributed by atoms with Crippen LogP contribution in [0, 0.1) is 11.6 Å². The highest BCUT2D eigenvalue weighted by Gasteiger charge is 2.31. The average molecular weight is 875 g/mol. The first kappa shape index (κ1) is 42.9. The Labute approximate surface area is 368 Å². The van der Waals surface area contributed by atoms with Crippen LogP contribution in [0.5, 0.6) is 0 Å². The molecule has 0 bridgehead atoms. The Hall–Kier alpha value is -6.33. The summed E-state index contributed by atoms with van der Waals surface area (Å²) >= 11 is 0. The van der Waals surface area contributed by atoms with Crippen molar-refractivity contribution >= 4 is 45.5 Å². The quantitative estimate of drug-likeness (QED) is 0.0963. The van der Waals surface area contributed by atoms with E-state index in [1.165, 1.54) is 21.3 Å². The number of morpholine rings is 1. The second-order valence-electron chi connectivity index (χ2n) is 17.0. The highest BCUT2D eigenvalue weighted by atomic mass is 19.1. The molecule has 64 heavy (non-hydrogen) atoms. The van der Waals surface area contributed by atoms with Crippen LogP contribution in [0.1, 0.15) is 75.4 Å². The number of benzene rings is 3. The number of hydrogen-bond acceptors (Lipinski definition) is 10. The first-order chi connectivity index (χ1) is 31.1. The molecule has 0 radical (unpaired) electrons. The largest absolute Gasteiger partial charge is 0.385 e. The summed E-state index contributed by atoms with van der Waals surface area (Å²) in [4.78, 5) is 63.8. The number of carbonyl (C=O) groups excluding carboxylic acids is 3. The normalized spacial score (nSPS) is 17.7. The lowest BCUT2D eigenvalue weighted by molar-refractivity contribution is -0.136. The van der Waals surface area contributed by atoms with Crippen molar-refractivity contribution in [2.24, 2.45) is 7.05 Å². The Balaban J connectivity index is 0.731. The highest BCUT2D eigenvalue weighted by molar-refractivity contribution is 6.00. The minimum Gasteiger partial charge on any atom is -0.385 e. The molecule has 3 aliphatic heterocycles. The van der Waals surface area contributed by atoms with Gasteiger partial charge in [0.1, 0.15) is 17.7 Å². The van der Waals surface area contributed by atoms with Gasteiger partial charge in [-0.2, -0.15) is 5.10 Å². The van der Waals surface area contributed by atoms with E-state index in [1.54, 1.807) is 25.5 Å². The minimum absolute atomic E-state index is 0.0466. The van der Waals surface area contributed by atoms with Crippen molar-refractivity contribution in [2.45, 2.75) is 76.4 Å². The molecule has 334 valence electrons. The van der Waals surface area contributed by atoms with Crippen LogP contribution in [-0.4, -0.2) is 102 Å². The number of ether oxygens (including phenoxy) is 1. The van der Waals surface area contributed by atoms with Gasteiger partial charge in [-0.3, -0.25) is 43.4 Å². The molecule has 1 atom stereocenters. The number of fused-ring (bicyclic) bond motifs is 2. The number of nitrogens with one attached hydrogen (secondary N) is 2. The Morgan fingerprint density at radius 3 is 2.45 bits per heavy atom. The molecule has 0 saturated carbocycles. The molecule has 15 nitrogen and oxygen atoms in total. The zero-order chi connectivity index (χ0) is 44.3. The van der Waals surface area contributed by atoms with Gasteiger partial charge in [0, 0.05) is 87.7 Å². The zero-order valence-corrected chi connectivity index (χ0v) is 35.9. The van der Waals surface area contributed by atoms with Gasteiger partial charge in [-0.05, 0) is 74.1 Å². The van der Waals surface area contributed by atoms with Crippen molar-refractivity contribution in [1.29, 1.82) is 0 Å². The molecule has 1 unspecified atom stereocenters. The van der Waals surface area contributed by atoms with Crippen LogP contribution >= 0.6 is 0 Å². The lowest BCUT2D eigenvalue weighted by Gasteiger charge is -2.32. The first-order valence-corrected chi connectivity index (χ1v) is 22.3. The Kier molecular flexibility index (Phi) is 12.6. The van der Waals surface area contributed by atoms with Crippen molar-refractivity contribution in [3.05, 3.63) is 94.8 Å². The fourth-order valence-electron chi connectivity index (χ4n) is 9.20. The smallest absolute Gasteiger partial charge is 0.329 e. The summed E-state index contributed by atoms with van der Waals surface area (Å²) in [5, 5.41) is 10.4. The predicted octanol–water partition coefficient (Wildman–Crippen LogP) is 6.13. The van der Waals surface area contributed by atoms with Gasteiger partial charge < -0.3 is 15.0 Å². The van der Waals surface area contributed by atoms with Crippen LogP contribution in [0.25, 0.3) is 44.5 Å². The molecule has 17 heteroatoms. The average Bonchev–Trinajstić information content (AvgIpc) is 3.90.